The molecule has 168 valence electrons. The minimum atomic E-state index is -0.797. The number of hydrogen-bond donors (Lipinski definition) is 2. The molecule has 0 radical (unpaired) electrons. The molecule has 2 N–H and O–H groups in total. The highest BCUT2D eigenvalue weighted by Gasteiger charge is 2.46. The van der Waals surface area contributed by atoms with Gasteiger partial charge in [-0.25, -0.2) is 0 Å². The Labute approximate surface area is 188 Å². The number of ketones is 1. The van der Waals surface area contributed by atoms with Crippen molar-refractivity contribution in [1.29, 1.82) is 0 Å². The summed E-state index contributed by atoms with van der Waals surface area (Å²) in [5, 5.41) is 21.3. The quantitative estimate of drug-likeness (QED) is 0.405. The number of hydrogen-bond acceptors (Lipinski definition) is 5. The molecule has 1 aliphatic heterocycles. The molecule has 1 amide bonds. The number of carbonyl (C=O) groups is 2. The van der Waals surface area contributed by atoms with Gasteiger partial charge in [-0.05, 0) is 74.4 Å². The number of phenolic OH excluding ortho intramolecular Hbond substituents is 1. The van der Waals surface area contributed by atoms with Crippen LogP contribution in [0.5, 0.6) is 5.75 Å². The Hall–Kier alpha value is -3.12. The van der Waals surface area contributed by atoms with Gasteiger partial charge in [-0.2, -0.15) is 0 Å². The number of carbonyl (C=O) groups excluding carboxylic acids is 2. The Morgan fingerprint density at radius 2 is 1.84 bits per heavy atom. The first-order chi connectivity index (χ1) is 15.4. The first-order valence-electron chi connectivity index (χ1n) is 11.2. The van der Waals surface area contributed by atoms with Gasteiger partial charge in [0.2, 0.25) is 0 Å². The van der Waals surface area contributed by atoms with E-state index in [9.17, 15) is 19.8 Å². The van der Waals surface area contributed by atoms with Crippen molar-refractivity contribution in [1.82, 2.24) is 4.90 Å². The third-order valence-electron chi connectivity index (χ3n) is 6.13. The average molecular weight is 436 g/mol. The van der Waals surface area contributed by atoms with Crippen molar-refractivity contribution in [2.45, 2.75) is 51.7 Å². The zero-order chi connectivity index (χ0) is 22.8. The van der Waals surface area contributed by atoms with Crippen molar-refractivity contribution in [3.8, 4) is 5.75 Å². The molecule has 1 atom stereocenters. The molecule has 2 aliphatic rings. The third-order valence-corrected chi connectivity index (χ3v) is 6.13. The largest absolute Gasteiger partial charge is 0.508 e. The van der Waals surface area contributed by atoms with Crippen molar-refractivity contribution in [3.05, 3.63) is 70.3 Å². The first-order valence-corrected chi connectivity index (χ1v) is 11.2. The van der Waals surface area contributed by atoms with E-state index in [-0.39, 0.29) is 36.3 Å². The van der Waals surface area contributed by atoms with Crippen molar-refractivity contribution in [2.24, 2.45) is 0 Å². The number of rotatable bonds is 6. The number of aromatic hydroxyl groups is 1. The fourth-order valence-corrected chi connectivity index (χ4v) is 4.58. The minimum Gasteiger partial charge on any atom is -0.508 e. The van der Waals surface area contributed by atoms with E-state index in [0.717, 1.165) is 25.7 Å². The summed E-state index contributed by atoms with van der Waals surface area (Å²) in [6, 6.07) is 11.4. The molecular formula is C26H29NO5. The summed E-state index contributed by atoms with van der Waals surface area (Å²) in [7, 11) is 0. The number of aliphatic hydroxyl groups excluding tert-OH is 1. The summed E-state index contributed by atoms with van der Waals surface area (Å²) in [5.74, 6) is -1.55. The van der Waals surface area contributed by atoms with Gasteiger partial charge in [-0.3, -0.25) is 9.59 Å². The van der Waals surface area contributed by atoms with E-state index in [2.05, 4.69) is 0 Å². The summed E-state index contributed by atoms with van der Waals surface area (Å²) in [6.45, 7) is 4.26. The predicted molar refractivity (Wildman–Crippen MR) is 121 cm³/mol. The van der Waals surface area contributed by atoms with Gasteiger partial charge < -0.3 is 19.8 Å². The number of aliphatic hydroxyl groups is 1. The molecule has 1 fully saturated rings. The van der Waals surface area contributed by atoms with E-state index < -0.39 is 17.7 Å². The van der Waals surface area contributed by atoms with Gasteiger partial charge in [-0.15, -0.1) is 0 Å². The summed E-state index contributed by atoms with van der Waals surface area (Å²) in [6.07, 6.45) is 4.19. The lowest BCUT2D eigenvalue weighted by Gasteiger charge is -2.26. The fraction of sp³-hybridized carbons (Fsp3) is 0.385. The normalized spacial score (nSPS) is 20.1. The first kappa shape index (κ1) is 22.1. The van der Waals surface area contributed by atoms with Gasteiger partial charge >= 0.3 is 0 Å². The molecular weight excluding hydrogens is 406 g/mol. The molecule has 6 nitrogen and oxygen atoms in total. The summed E-state index contributed by atoms with van der Waals surface area (Å²) >= 11 is 0. The van der Waals surface area contributed by atoms with Crippen LogP contribution in [0.2, 0.25) is 0 Å². The van der Waals surface area contributed by atoms with Crippen LogP contribution in [-0.4, -0.2) is 46.1 Å². The van der Waals surface area contributed by atoms with Crippen LogP contribution in [0.25, 0.3) is 5.76 Å². The van der Waals surface area contributed by atoms with E-state index in [1.54, 1.807) is 12.1 Å². The van der Waals surface area contributed by atoms with E-state index in [0.29, 0.717) is 11.1 Å². The number of ether oxygens (including phenoxy) is 1. The van der Waals surface area contributed by atoms with Gasteiger partial charge in [0, 0.05) is 12.1 Å². The molecule has 0 saturated carbocycles. The lowest BCUT2D eigenvalue weighted by Crippen LogP contribution is -2.33. The maximum atomic E-state index is 13.1. The van der Waals surface area contributed by atoms with Crippen LogP contribution in [0, 0.1) is 0 Å². The lowest BCUT2D eigenvalue weighted by molar-refractivity contribution is -0.140. The topological polar surface area (TPSA) is 87.1 Å². The number of phenols is 1. The van der Waals surface area contributed by atoms with Gasteiger partial charge in [-0.1, -0.05) is 24.3 Å². The number of likely N-dealkylation sites (tertiary alicyclic amines) is 1. The van der Waals surface area contributed by atoms with Crippen LogP contribution < -0.4 is 0 Å². The third kappa shape index (κ3) is 4.28. The van der Waals surface area contributed by atoms with Crippen LogP contribution in [0.4, 0.5) is 0 Å². The summed E-state index contributed by atoms with van der Waals surface area (Å²) < 4.78 is 5.60. The molecule has 1 heterocycles. The van der Waals surface area contributed by atoms with Crippen LogP contribution in [0.15, 0.2) is 48.0 Å². The molecule has 0 spiro atoms. The second-order valence-electron chi connectivity index (χ2n) is 8.70. The van der Waals surface area contributed by atoms with Crippen LogP contribution >= 0.6 is 0 Å². The van der Waals surface area contributed by atoms with Gasteiger partial charge in [0.25, 0.3) is 11.7 Å². The number of aryl methyl sites for hydroxylation is 2. The monoisotopic (exact) mass is 435 g/mol. The minimum absolute atomic E-state index is 0.0125. The molecule has 2 aromatic rings. The zero-order valence-electron chi connectivity index (χ0n) is 18.5. The van der Waals surface area contributed by atoms with Crippen LogP contribution in [-0.2, 0) is 27.2 Å². The van der Waals surface area contributed by atoms with Crippen molar-refractivity contribution in [3.63, 3.8) is 0 Å². The summed E-state index contributed by atoms with van der Waals surface area (Å²) in [4.78, 5) is 27.4. The second-order valence-corrected chi connectivity index (χ2v) is 8.70. The molecule has 0 bridgehead atoms. The lowest BCUT2D eigenvalue weighted by atomic mass is 9.88. The Kier molecular flexibility index (Phi) is 6.33. The maximum Gasteiger partial charge on any atom is 0.295 e. The Morgan fingerprint density at radius 3 is 2.56 bits per heavy atom. The molecule has 32 heavy (non-hydrogen) atoms. The van der Waals surface area contributed by atoms with Crippen molar-refractivity contribution >= 4 is 17.4 Å². The van der Waals surface area contributed by atoms with E-state index in [1.807, 2.05) is 32.0 Å². The van der Waals surface area contributed by atoms with E-state index >= 15 is 0 Å². The summed E-state index contributed by atoms with van der Waals surface area (Å²) in [5.41, 5.74) is 3.58. The van der Waals surface area contributed by atoms with Gasteiger partial charge in [0.05, 0.1) is 24.3 Å². The van der Waals surface area contributed by atoms with Crippen LogP contribution in [0.1, 0.15) is 55.0 Å². The maximum absolute atomic E-state index is 13.1. The molecule has 1 unspecified atom stereocenters. The highest BCUT2D eigenvalue weighted by Crippen LogP contribution is 2.40. The Morgan fingerprint density at radius 1 is 1.09 bits per heavy atom. The molecule has 1 aliphatic carbocycles. The molecule has 2 aromatic carbocycles. The molecule has 1 saturated heterocycles. The van der Waals surface area contributed by atoms with E-state index in [1.165, 1.54) is 28.2 Å². The number of fused-ring (bicyclic) bond motifs is 1. The smallest absolute Gasteiger partial charge is 0.295 e. The number of amides is 1. The molecule has 6 heteroatoms. The highest BCUT2D eigenvalue weighted by atomic mass is 16.5. The van der Waals surface area contributed by atoms with Gasteiger partial charge in [0.1, 0.15) is 11.5 Å². The van der Waals surface area contributed by atoms with Crippen LogP contribution in [0.3, 0.4) is 0 Å². The van der Waals surface area contributed by atoms with Crippen molar-refractivity contribution in [2.75, 3.05) is 13.2 Å². The van der Waals surface area contributed by atoms with Crippen molar-refractivity contribution < 1.29 is 24.5 Å². The highest BCUT2D eigenvalue weighted by molar-refractivity contribution is 6.46. The number of Topliss-reactive ketones (excluding diaryl/α,β-unsaturated/α-hetero) is 1. The molecule has 4 rings (SSSR count). The Bertz CT molecular complexity index is 1070. The van der Waals surface area contributed by atoms with E-state index in [4.69, 9.17) is 4.74 Å². The standard InChI is InChI=1S/C26H29NO5/c1-16(2)32-13-12-27-23(19-8-5-9-21(28)15-19)22(25(30)26(27)31)24(29)20-11-10-17-6-3-4-7-18(17)14-20/h5,8-11,14-16,23,28-29H,3-4,6-7,12-13H2,1-2H3/b24-22-. The Balaban J connectivity index is 1.79. The fourth-order valence-electron chi connectivity index (χ4n) is 4.58. The predicted octanol–water partition coefficient (Wildman–Crippen LogP) is 4.12. The average Bonchev–Trinajstić information content (AvgIpc) is 3.03. The SMILES string of the molecule is CC(C)OCCN1C(=O)C(=O)/C(=C(\O)c2ccc3c(c2)CCCC3)C1c1cccc(O)c1. The number of benzene rings is 2. The second kappa shape index (κ2) is 9.17. The molecule has 0 aromatic heterocycles. The number of nitrogens with zero attached hydrogens (tertiary/aromatic N) is 1. The van der Waals surface area contributed by atoms with Gasteiger partial charge in [0.15, 0.2) is 0 Å². The zero-order valence-corrected chi connectivity index (χ0v) is 18.5.